The predicted octanol–water partition coefficient (Wildman–Crippen LogP) is 13.3. The van der Waals surface area contributed by atoms with E-state index in [0.29, 0.717) is 0 Å². The third-order valence-electron chi connectivity index (χ3n) is 10.6. The topological polar surface area (TPSA) is 32.3 Å². The summed E-state index contributed by atoms with van der Waals surface area (Å²) >= 11 is 0. The Kier molecular flexibility index (Phi) is 7.66. The van der Waals surface area contributed by atoms with E-state index in [-0.39, 0.29) is 0 Å². The Bertz CT molecular complexity index is 2780. The Labute approximate surface area is 304 Å². The smallest absolute Gasteiger partial charge is 0.137 e. The molecular formula is C48H38N4. The van der Waals surface area contributed by atoms with E-state index in [2.05, 4.69) is 171 Å². The van der Waals surface area contributed by atoms with Crippen LogP contribution in [0.15, 0.2) is 158 Å². The SMILES string of the molecule is Cc1cc(N(c2ccccn2)c2cccc3ccccc23)c2ccc3c(C)cc(N(c4ccccn4)c4cccc5ccccc45)c(C)c3c2c1C. The monoisotopic (exact) mass is 670 g/mol. The fourth-order valence-electron chi connectivity index (χ4n) is 7.98. The molecule has 0 aliphatic carbocycles. The van der Waals surface area contributed by atoms with E-state index in [1.54, 1.807) is 0 Å². The van der Waals surface area contributed by atoms with E-state index >= 15 is 0 Å². The van der Waals surface area contributed by atoms with Crippen molar-refractivity contribution in [3.63, 3.8) is 0 Å². The highest BCUT2D eigenvalue weighted by Gasteiger charge is 2.25. The molecule has 4 heteroatoms. The van der Waals surface area contributed by atoms with Crippen molar-refractivity contribution in [1.29, 1.82) is 0 Å². The second-order valence-corrected chi connectivity index (χ2v) is 13.6. The number of pyridine rings is 2. The van der Waals surface area contributed by atoms with Crippen LogP contribution in [0.25, 0.3) is 43.1 Å². The van der Waals surface area contributed by atoms with E-state index in [1.807, 2.05) is 24.5 Å². The maximum Gasteiger partial charge on any atom is 0.137 e. The van der Waals surface area contributed by atoms with Gasteiger partial charge >= 0.3 is 0 Å². The molecule has 4 nitrogen and oxygen atoms in total. The van der Waals surface area contributed by atoms with Crippen LogP contribution in [0.1, 0.15) is 22.3 Å². The van der Waals surface area contributed by atoms with Crippen LogP contribution in [0.2, 0.25) is 0 Å². The van der Waals surface area contributed by atoms with Gasteiger partial charge in [-0.1, -0.05) is 97.1 Å². The molecule has 0 fully saturated rings. The number of hydrogen-bond acceptors (Lipinski definition) is 4. The molecule has 0 saturated carbocycles. The highest BCUT2D eigenvalue weighted by molar-refractivity contribution is 6.18. The lowest BCUT2D eigenvalue weighted by Crippen LogP contribution is -2.14. The van der Waals surface area contributed by atoms with Crippen molar-refractivity contribution >= 4 is 77.5 Å². The molecule has 250 valence electrons. The quantitative estimate of drug-likeness (QED) is 0.165. The van der Waals surface area contributed by atoms with Gasteiger partial charge in [0.1, 0.15) is 11.6 Å². The molecule has 2 heterocycles. The van der Waals surface area contributed by atoms with E-state index in [4.69, 9.17) is 9.97 Å². The summed E-state index contributed by atoms with van der Waals surface area (Å²) in [7, 11) is 0. The third-order valence-corrected chi connectivity index (χ3v) is 10.6. The fourth-order valence-corrected chi connectivity index (χ4v) is 7.98. The van der Waals surface area contributed by atoms with Crippen molar-refractivity contribution < 1.29 is 0 Å². The van der Waals surface area contributed by atoms with Gasteiger partial charge in [0, 0.05) is 28.6 Å². The van der Waals surface area contributed by atoms with Crippen LogP contribution in [0, 0.1) is 27.7 Å². The van der Waals surface area contributed by atoms with E-state index in [1.165, 1.54) is 65.3 Å². The van der Waals surface area contributed by atoms with Gasteiger partial charge in [0.25, 0.3) is 0 Å². The molecule has 7 aromatic carbocycles. The molecule has 52 heavy (non-hydrogen) atoms. The molecule has 0 aliphatic rings. The zero-order chi connectivity index (χ0) is 35.3. The number of aryl methyl sites for hydroxylation is 4. The summed E-state index contributed by atoms with van der Waals surface area (Å²) in [6.45, 7) is 9.02. The van der Waals surface area contributed by atoms with Gasteiger partial charge in [0.15, 0.2) is 0 Å². The lowest BCUT2D eigenvalue weighted by atomic mass is 9.88. The van der Waals surface area contributed by atoms with Crippen molar-refractivity contribution in [2.75, 3.05) is 9.80 Å². The van der Waals surface area contributed by atoms with Gasteiger partial charge in [-0.25, -0.2) is 9.97 Å². The minimum Gasteiger partial charge on any atom is -0.294 e. The van der Waals surface area contributed by atoms with Crippen LogP contribution in [-0.2, 0) is 0 Å². The zero-order valence-electron chi connectivity index (χ0n) is 29.8. The number of fused-ring (bicyclic) bond motifs is 5. The van der Waals surface area contributed by atoms with Crippen molar-refractivity contribution in [3.8, 4) is 0 Å². The van der Waals surface area contributed by atoms with Crippen molar-refractivity contribution in [3.05, 3.63) is 180 Å². The molecule has 0 atom stereocenters. The molecule has 2 aromatic heterocycles. The summed E-state index contributed by atoms with van der Waals surface area (Å²) < 4.78 is 0. The summed E-state index contributed by atoms with van der Waals surface area (Å²) in [5.74, 6) is 1.76. The Hall–Kier alpha value is -6.52. The summed E-state index contributed by atoms with van der Waals surface area (Å²) in [6, 6.07) is 51.9. The third kappa shape index (κ3) is 5.06. The Morgan fingerprint density at radius 2 is 0.846 bits per heavy atom. The van der Waals surface area contributed by atoms with Crippen LogP contribution in [0.4, 0.5) is 34.4 Å². The maximum absolute atomic E-state index is 4.93. The highest BCUT2D eigenvalue weighted by atomic mass is 15.2. The number of benzene rings is 7. The van der Waals surface area contributed by atoms with Gasteiger partial charge < -0.3 is 0 Å². The van der Waals surface area contributed by atoms with Crippen LogP contribution >= 0.6 is 0 Å². The van der Waals surface area contributed by atoms with Crippen molar-refractivity contribution in [2.45, 2.75) is 27.7 Å². The summed E-state index contributed by atoms with van der Waals surface area (Å²) in [4.78, 5) is 14.5. The summed E-state index contributed by atoms with van der Waals surface area (Å²) in [5.41, 5.74) is 9.35. The zero-order valence-corrected chi connectivity index (χ0v) is 29.8. The minimum absolute atomic E-state index is 0.877. The number of nitrogens with zero attached hydrogens (tertiary/aromatic N) is 4. The van der Waals surface area contributed by atoms with Crippen LogP contribution in [0.3, 0.4) is 0 Å². The van der Waals surface area contributed by atoms with Crippen LogP contribution in [0.5, 0.6) is 0 Å². The first-order valence-corrected chi connectivity index (χ1v) is 17.8. The van der Waals surface area contributed by atoms with Gasteiger partial charge in [-0.05, 0) is 125 Å². The molecule has 9 aromatic rings. The summed E-state index contributed by atoms with van der Waals surface area (Å²) in [5, 5.41) is 9.70. The summed E-state index contributed by atoms with van der Waals surface area (Å²) in [6.07, 6.45) is 3.76. The fraction of sp³-hybridized carbons (Fsp3) is 0.0833. The highest BCUT2D eigenvalue weighted by Crippen LogP contribution is 2.48. The maximum atomic E-state index is 4.93. The average Bonchev–Trinajstić information content (AvgIpc) is 3.19. The minimum atomic E-state index is 0.877. The van der Waals surface area contributed by atoms with Gasteiger partial charge in [-0.15, -0.1) is 0 Å². The largest absolute Gasteiger partial charge is 0.294 e. The Morgan fingerprint density at radius 3 is 1.42 bits per heavy atom. The first kappa shape index (κ1) is 31.5. The van der Waals surface area contributed by atoms with Crippen molar-refractivity contribution in [2.24, 2.45) is 0 Å². The standard InChI is InChI=1S/C48H38N4/c1-31-29-44(52(46-24-10-12-28-50-46)42-22-14-18-36-16-6-8-20-39(36)42)40-26-25-37-32(2)30-43(34(4)48(37)47(40)33(31)3)51(45-23-9-11-27-49-45)41-21-13-17-35-15-5-7-19-38(35)41/h5-30H,1-4H3. The molecule has 0 aliphatic heterocycles. The lowest BCUT2D eigenvalue weighted by Gasteiger charge is -2.30. The molecule has 9 rings (SSSR count). The molecule has 0 saturated heterocycles. The van der Waals surface area contributed by atoms with Gasteiger partial charge in [-0.3, -0.25) is 9.80 Å². The number of rotatable bonds is 6. The molecule has 0 amide bonds. The number of anilines is 6. The second-order valence-electron chi connectivity index (χ2n) is 13.6. The predicted molar refractivity (Wildman–Crippen MR) is 220 cm³/mol. The van der Waals surface area contributed by atoms with E-state index in [0.717, 1.165) is 34.4 Å². The van der Waals surface area contributed by atoms with Gasteiger partial charge in [0.2, 0.25) is 0 Å². The molecule has 0 N–H and O–H groups in total. The second kappa shape index (κ2) is 12.7. The molecule has 0 spiro atoms. The van der Waals surface area contributed by atoms with Gasteiger partial charge in [-0.2, -0.15) is 0 Å². The molecule has 0 radical (unpaired) electrons. The Morgan fingerprint density at radius 1 is 0.365 bits per heavy atom. The number of hydrogen-bond donors (Lipinski definition) is 0. The molecular weight excluding hydrogens is 633 g/mol. The molecule has 0 unspecified atom stereocenters. The number of aromatic nitrogens is 2. The van der Waals surface area contributed by atoms with Gasteiger partial charge in [0.05, 0.1) is 22.7 Å². The normalized spacial score (nSPS) is 11.5. The van der Waals surface area contributed by atoms with E-state index in [9.17, 15) is 0 Å². The van der Waals surface area contributed by atoms with Crippen molar-refractivity contribution in [1.82, 2.24) is 9.97 Å². The van der Waals surface area contributed by atoms with Crippen LogP contribution in [-0.4, -0.2) is 9.97 Å². The average molecular weight is 671 g/mol. The molecule has 0 bridgehead atoms. The Balaban J connectivity index is 1.38. The van der Waals surface area contributed by atoms with E-state index < -0.39 is 0 Å². The first-order chi connectivity index (χ1) is 25.5. The first-order valence-electron chi connectivity index (χ1n) is 17.8. The van der Waals surface area contributed by atoms with Crippen LogP contribution < -0.4 is 9.80 Å². The lowest BCUT2D eigenvalue weighted by molar-refractivity contribution is 1.17.